The third-order valence-corrected chi connectivity index (χ3v) is 5.02. The highest BCUT2D eigenvalue weighted by Crippen LogP contribution is 2.51. The molecule has 110 valence electrons. The second-order valence-corrected chi connectivity index (χ2v) is 6.35. The molecule has 3 heteroatoms. The molecule has 1 saturated heterocycles. The van der Waals surface area contributed by atoms with Gasteiger partial charge in [-0.3, -0.25) is 4.84 Å². The van der Waals surface area contributed by atoms with E-state index in [0.29, 0.717) is 11.8 Å². The first-order chi connectivity index (χ1) is 9.65. The van der Waals surface area contributed by atoms with Crippen LogP contribution in [0.15, 0.2) is 24.3 Å². The van der Waals surface area contributed by atoms with E-state index in [4.69, 9.17) is 9.57 Å². The van der Waals surface area contributed by atoms with E-state index in [1.807, 2.05) is 11.1 Å². The number of ether oxygens (including phenoxy) is 1. The Labute approximate surface area is 121 Å². The second kappa shape index (κ2) is 5.38. The molecule has 0 aromatic heterocycles. The van der Waals surface area contributed by atoms with Crippen molar-refractivity contribution < 1.29 is 9.57 Å². The van der Waals surface area contributed by atoms with E-state index in [9.17, 15) is 0 Å². The van der Waals surface area contributed by atoms with Gasteiger partial charge < -0.3 is 4.74 Å². The highest BCUT2D eigenvalue weighted by atomic mass is 16.7. The maximum atomic E-state index is 6.41. The van der Waals surface area contributed by atoms with Gasteiger partial charge in [0, 0.05) is 13.6 Å². The van der Waals surface area contributed by atoms with Gasteiger partial charge in [-0.1, -0.05) is 31.9 Å². The fourth-order valence-corrected chi connectivity index (χ4v) is 4.17. The van der Waals surface area contributed by atoms with Crippen LogP contribution in [-0.2, 0) is 10.4 Å². The van der Waals surface area contributed by atoms with Crippen LogP contribution in [0.2, 0.25) is 0 Å². The first-order valence-electron chi connectivity index (χ1n) is 7.70. The lowest BCUT2D eigenvalue weighted by atomic mass is 9.66. The number of fused-ring (bicyclic) bond motifs is 1. The molecular formula is C17H25NO2. The van der Waals surface area contributed by atoms with Crippen LogP contribution in [0.1, 0.15) is 38.2 Å². The van der Waals surface area contributed by atoms with Gasteiger partial charge in [-0.2, -0.15) is 5.06 Å². The summed E-state index contributed by atoms with van der Waals surface area (Å²) in [5.74, 6) is 2.20. The lowest BCUT2D eigenvalue weighted by molar-refractivity contribution is -0.312. The van der Waals surface area contributed by atoms with Gasteiger partial charge in [-0.05, 0) is 42.4 Å². The molecule has 0 bridgehead atoms. The fourth-order valence-electron chi connectivity index (χ4n) is 4.17. The summed E-state index contributed by atoms with van der Waals surface area (Å²) in [7, 11) is 3.79. The van der Waals surface area contributed by atoms with Gasteiger partial charge >= 0.3 is 0 Å². The van der Waals surface area contributed by atoms with E-state index in [1.165, 1.54) is 24.8 Å². The van der Waals surface area contributed by atoms with Gasteiger partial charge in [-0.25, -0.2) is 0 Å². The smallest absolute Gasteiger partial charge is 0.119 e. The van der Waals surface area contributed by atoms with Crippen molar-refractivity contribution in [3.8, 4) is 5.75 Å². The summed E-state index contributed by atoms with van der Waals surface area (Å²) in [5, 5.41) is 2.03. The SMILES string of the molecule is COc1cccc(C23CCCCC2C(C)CN(C)O3)c1. The molecule has 1 aromatic carbocycles. The molecule has 0 radical (unpaired) electrons. The molecule has 0 N–H and O–H groups in total. The largest absolute Gasteiger partial charge is 0.497 e. The zero-order valence-corrected chi connectivity index (χ0v) is 12.8. The molecule has 1 aliphatic heterocycles. The van der Waals surface area contributed by atoms with Crippen molar-refractivity contribution in [3.05, 3.63) is 29.8 Å². The molecule has 3 unspecified atom stereocenters. The predicted molar refractivity (Wildman–Crippen MR) is 79.5 cm³/mol. The number of rotatable bonds is 2. The van der Waals surface area contributed by atoms with E-state index < -0.39 is 0 Å². The van der Waals surface area contributed by atoms with Crippen LogP contribution in [0.25, 0.3) is 0 Å². The van der Waals surface area contributed by atoms with Crippen LogP contribution in [0.3, 0.4) is 0 Å². The first-order valence-corrected chi connectivity index (χ1v) is 7.70. The minimum absolute atomic E-state index is 0.154. The molecule has 3 atom stereocenters. The lowest BCUT2D eigenvalue weighted by Crippen LogP contribution is -2.53. The Hall–Kier alpha value is -1.06. The maximum Gasteiger partial charge on any atom is 0.119 e. The van der Waals surface area contributed by atoms with Crippen LogP contribution in [0, 0.1) is 11.8 Å². The molecule has 1 heterocycles. The Bertz CT molecular complexity index is 476. The van der Waals surface area contributed by atoms with Crippen LogP contribution >= 0.6 is 0 Å². The van der Waals surface area contributed by atoms with E-state index in [1.54, 1.807) is 7.11 Å². The Balaban J connectivity index is 2.03. The Morgan fingerprint density at radius 1 is 1.35 bits per heavy atom. The summed E-state index contributed by atoms with van der Waals surface area (Å²) < 4.78 is 5.41. The summed E-state index contributed by atoms with van der Waals surface area (Å²) in [5.41, 5.74) is 1.12. The van der Waals surface area contributed by atoms with Crippen LogP contribution in [0.5, 0.6) is 5.75 Å². The third-order valence-electron chi connectivity index (χ3n) is 5.02. The average Bonchev–Trinajstić information content (AvgIpc) is 2.47. The first kappa shape index (κ1) is 13.9. The van der Waals surface area contributed by atoms with E-state index in [0.717, 1.165) is 18.7 Å². The molecule has 1 saturated carbocycles. The third kappa shape index (κ3) is 2.23. The number of benzene rings is 1. The maximum absolute atomic E-state index is 6.41. The number of methoxy groups -OCH3 is 1. The number of hydroxylamine groups is 2. The lowest BCUT2D eigenvalue weighted by Gasteiger charge is -2.52. The second-order valence-electron chi connectivity index (χ2n) is 6.35. The normalized spacial score (nSPS) is 34.5. The number of nitrogens with zero attached hydrogens (tertiary/aromatic N) is 1. The Morgan fingerprint density at radius 3 is 3.00 bits per heavy atom. The molecular weight excluding hydrogens is 250 g/mol. The standard InChI is InChI=1S/C17H25NO2/c1-13-12-18(2)20-17(10-5-4-9-16(13)17)14-7-6-8-15(11-14)19-3/h6-8,11,13,16H,4-5,9-10,12H2,1-3H3. The molecule has 3 rings (SSSR count). The minimum atomic E-state index is -0.154. The van der Waals surface area contributed by atoms with Crippen molar-refractivity contribution in [1.29, 1.82) is 0 Å². The topological polar surface area (TPSA) is 21.7 Å². The van der Waals surface area contributed by atoms with Gasteiger partial charge in [0.25, 0.3) is 0 Å². The Morgan fingerprint density at radius 2 is 2.20 bits per heavy atom. The fraction of sp³-hybridized carbons (Fsp3) is 0.647. The van der Waals surface area contributed by atoms with E-state index in [-0.39, 0.29) is 5.60 Å². The van der Waals surface area contributed by atoms with Crippen molar-refractivity contribution in [2.45, 2.75) is 38.2 Å². The Kier molecular flexibility index (Phi) is 3.74. The molecule has 3 nitrogen and oxygen atoms in total. The summed E-state index contributed by atoms with van der Waals surface area (Å²) in [6.07, 6.45) is 4.95. The molecule has 2 fully saturated rings. The highest BCUT2D eigenvalue weighted by Gasteiger charge is 2.50. The van der Waals surface area contributed by atoms with Gasteiger partial charge in [0.05, 0.1) is 7.11 Å². The van der Waals surface area contributed by atoms with Crippen molar-refractivity contribution in [2.24, 2.45) is 11.8 Å². The number of hydrogen-bond acceptors (Lipinski definition) is 3. The van der Waals surface area contributed by atoms with Gasteiger partial charge in [-0.15, -0.1) is 0 Å². The van der Waals surface area contributed by atoms with Crippen molar-refractivity contribution in [2.75, 3.05) is 20.7 Å². The van der Waals surface area contributed by atoms with E-state index >= 15 is 0 Å². The van der Waals surface area contributed by atoms with Gasteiger partial charge in [0.1, 0.15) is 11.4 Å². The van der Waals surface area contributed by atoms with Crippen molar-refractivity contribution in [1.82, 2.24) is 5.06 Å². The van der Waals surface area contributed by atoms with Crippen LogP contribution in [-0.4, -0.2) is 25.8 Å². The summed E-state index contributed by atoms with van der Waals surface area (Å²) in [6.45, 7) is 3.39. The van der Waals surface area contributed by atoms with Crippen molar-refractivity contribution in [3.63, 3.8) is 0 Å². The molecule has 2 aliphatic rings. The van der Waals surface area contributed by atoms with E-state index in [2.05, 4.69) is 32.2 Å². The van der Waals surface area contributed by atoms with Gasteiger partial charge in [0.15, 0.2) is 0 Å². The molecule has 0 amide bonds. The van der Waals surface area contributed by atoms with Crippen LogP contribution in [0.4, 0.5) is 0 Å². The quantitative estimate of drug-likeness (QED) is 0.823. The molecule has 1 aromatic rings. The van der Waals surface area contributed by atoms with Crippen LogP contribution < -0.4 is 4.74 Å². The highest BCUT2D eigenvalue weighted by molar-refractivity contribution is 5.34. The molecule has 1 aliphatic carbocycles. The monoisotopic (exact) mass is 275 g/mol. The zero-order valence-electron chi connectivity index (χ0n) is 12.8. The minimum Gasteiger partial charge on any atom is -0.497 e. The summed E-state index contributed by atoms with van der Waals surface area (Å²) in [4.78, 5) is 6.41. The molecule has 0 spiro atoms. The summed E-state index contributed by atoms with van der Waals surface area (Å²) >= 11 is 0. The average molecular weight is 275 g/mol. The predicted octanol–water partition coefficient (Wildman–Crippen LogP) is 3.59. The van der Waals surface area contributed by atoms with Gasteiger partial charge in [0.2, 0.25) is 0 Å². The number of hydrogen-bond donors (Lipinski definition) is 0. The molecule has 20 heavy (non-hydrogen) atoms. The van der Waals surface area contributed by atoms with Crippen molar-refractivity contribution >= 4 is 0 Å². The summed E-state index contributed by atoms with van der Waals surface area (Å²) in [6, 6.07) is 8.45. The zero-order chi connectivity index (χ0) is 14.2.